The average molecular weight is 336 g/mol. The van der Waals surface area contributed by atoms with Crippen LogP contribution in [0.25, 0.3) is 0 Å². The molecule has 0 N–H and O–H groups in total. The Hall–Kier alpha value is -0.620. The van der Waals surface area contributed by atoms with Crippen molar-refractivity contribution in [2.75, 3.05) is 25.0 Å². The zero-order valence-electron chi connectivity index (χ0n) is 11.8. The number of amides is 1. The molecule has 110 valence electrons. The summed E-state index contributed by atoms with van der Waals surface area (Å²) >= 11 is 3.16. The Labute approximate surface area is 122 Å². The molecule has 1 fully saturated rings. The van der Waals surface area contributed by atoms with Crippen LogP contribution < -0.4 is 0 Å². The molecule has 0 aromatic heterocycles. The van der Waals surface area contributed by atoms with Crippen LogP contribution in [0.1, 0.15) is 33.6 Å². The summed E-state index contributed by atoms with van der Waals surface area (Å²) in [5.74, 6) is -0.239. The molecule has 0 spiro atoms. The van der Waals surface area contributed by atoms with Crippen molar-refractivity contribution in [3.63, 3.8) is 0 Å². The SMILES string of the molecule is CC(C)(C)OC(=O)COC1CCN(C(=O)CBr)CC1. The van der Waals surface area contributed by atoms with E-state index in [0.717, 1.165) is 12.8 Å². The molecule has 1 rings (SSSR count). The van der Waals surface area contributed by atoms with E-state index in [9.17, 15) is 9.59 Å². The van der Waals surface area contributed by atoms with Crippen molar-refractivity contribution in [3.05, 3.63) is 0 Å². The first-order chi connectivity index (χ1) is 8.81. The van der Waals surface area contributed by atoms with Gasteiger partial charge in [0, 0.05) is 13.1 Å². The second kappa shape index (κ2) is 7.24. The first-order valence-electron chi connectivity index (χ1n) is 6.49. The molecular formula is C13H22BrNO4. The molecule has 0 aromatic carbocycles. The van der Waals surface area contributed by atoms with Gasteiger partial charge in [0.1, 0.15) is 12.2 Å². The minimum atomic E-state index is -0.480. The van der Waals surface area contributed by atoms with Crippen LogP contribution in [0.5, 0.6) is 0 Å². The van der Waals surface area contributed by atoms with E-state index < -0.39 is 5.60 Å². The summed E-state index contributed by atoms with van der Waals surface area (Å²) in [7, 11) is 0. The number of piperidine rings is 1. The van der Waals surface area contributed by atoms with E-state index in [1.807, 2.05) is 25.7 Å². The van der Waals surface area contributed by atoms with Crippen molar-refractivity contribution in [3.8, 4) is 0 Å². The molecule has 0 atom stereocenters. The second-order valence-electron chi connectivity index (χ2n) is 5.61. The van der Waals surface area contributed by atoms with Crippen LogP contribution in [0, 0.1) is 0 Å². The molecule has 0 unspecified atom stereocenters. The number of hydrogen-bond acceptors (Lipinski definition) is 4. The molecule has 0 bridgehead atoms. The Bertz CT molecular complexity index is 319. The highest BCUT2D eigenvalue weighted by atomic mass is 79.9. The van der Waals surface area contributed by atoms with Gasteiger partial charge in [0.25, 0.3) is 0 Å². The fourth-order valence-electron chi connectivity index (χ4n) is 1.91. The zero-order chi connectivity index (χ0) is 14.5. The van der Waals surface area contributed by atoms with Gasteiger partial charge >= 0.3 is 5.97 Å². The number of carbonyl (C=O) groups excluding carboxylic acids is 2. The van der Waals surface area contributed by atoms with Gasteiger partial charge in [-0.15, -0.1) is 0 Å². The maximum absolute atomic E-state index is 11.5. The van der Waals surface area contributed by atoms with Gasteiger partial charge in [-0.2, -0.15) is 0 Å². The van der Waals surface area contributed by atoms with E-state index in [1.165, 1.54) is 0 Å². The molecule has 0 saturated carbocycles. The van der Waals surface area contributed by atoms with E-state index in [2.05, 4.69) is 15.9 Å². The van der Waals surface area contributed by atoms with E-state index in [-0.39, 0.29) is 24.6 Å². The predicted molar refractivity (Wildman–Crippen MR) is 75.2 cm³/mol. The average Bonchev–Trinajstić information content (AvgIpc) is 2.34. The maximum Gasteiger partial charge on any atom is 0.332 e. The lowest BCUT2D eigenvalue weighted by Crippen LogP contribution is -2.42. The summed E-state index contributed by atoms with van der Waals surface area (Å²) in [6.45, 7) is 6.83. The van der Waals surface area contributed by atoms with Crippen LogP contribution in [0.4, 0.5) is 0 Å². The molecule has 0 aromatic rings. The molecule has 1 heterocycles. The Morgan fingerprint density at radius 2 is 1.84 bits per heavy atom. The van der Waals surface area contributed by atoms with E-state index in [4.69, 9.17) is 9.47 Å². The summed E-state index contributed by atoms with van der Waals surface area (Å²) in [5, 5.41) is 0.358. The highest BCUT2D eigenvalue weighted by Gasteiger charge is 2.24. The molecule has 1 aliphatic heterocycles. The predicted octanol–water partition coefficient (Wildman–Crippen LogP) is 1.73. The number of alkyl halides is 1. The molecule has 1 saturated heterocycles. The van der Waals surface area contributed by atoms with Gasteiger partial charge in [-0.1, -0.05) is 15.9 Å². The third-order valence-electron chi connectivity index (χ3n) is 2.77. The van der Waals surface area contributed by atoms with E-state index in [1.54, 1.807) is 0 Å². The number of carbonyl (C=O) groups is 2. The highest BCUT2D eigenvalue weighted by molar-refractivity contribution is 9.09. The number of rotatable bonds is 4. The quantitative estimate of drug-likeness (QED) is 0.580. The third kappa shape index (κ3) is 6.38. The van der Waals surface area contributed by atoms with Gasteiger partial charge in [0.05, 0.1) is 11.4 Å². The molecule has 1 amide bonds. The third-order valence-corrected chi connectivity index (χ3v) is 3.25. The fraction of sp³-hybridized carbons (Fsp3) is 0.846. The zero-order valence-corrected chi connectivity index (χ0v) is 13.4. The highest BCUT2D eigenvalue weighted by Crippen LogP contribution is 2.15. The van der Waals surface area contributed by atoms with Crippen molar-refractivity contribution in [2.45, 2.75) is 45.3 Å². The molecule has 5 nitrogen and oxygen atoms in total. The van der Waals surface area contributed by atoms with Gasteiger partial charge in [0.15, 0.2) is 0 Å². The van der Waals surface area contributed by atoms with Crippen LogP contribution in [-0.4, -0.2) is 53.5 Å². The number of esters is 1. The second-order valence-corrected chi connectivity index (χ2v) is 6.17. The Kier molecular flexibility index (Phi) is 6.26. The molecule has 0 aliphatic carbocycles. The summed E-state index contributed by atoms with van der Waals surface area (Å²) in [4.78, 5) is 24.8. The van der Waals surface area contributed by atoms with Gasteiger partial charge in [0.2, 0.25) is 5.91 Å². The minimum Gasteiger partial charge on any atom is -0.458 e. The van der Waals surface area contributed by atoms with E-state index >= 15 is 0 Å². The minimum absolute atomic E-state index is 0.0195. The normalized spacial score (nSPS) is 17.4. The van der Waals surface area contributed by atoms with Gasteiger partial charge in [-0.05, 0) is 33.6 Å². The molecule has 1 aliphatic rings. The smallest absolute Gasteiger partial charge is 0.332 e. The van der Waals surface area contributed by atoms with Crippen LogP contribution in [0.15, 0.2) is 0 Å². The first kappa shape index (κ1) is 16.4. The lowest BCUT2D eigenvalue weighted by molar-refractivity contribution is -0.163. The lowest BCUT2D eigenvalue weighted by atomic mass is 10.1. The molecular weight excluding hydrogens is 314 g/mol. The molecule has 0 radical (unpaired) electrons. The molecule has 19 heavy (non-hydrogen) atoms. The summed E-state index contributed by atoms with van der Waals surface area (Å²) < 4.78 is 10.7. The van der Waals surface area contributed by atoms with Crippen molar-refractivity contribution in [2.24, 2.45) is 0 Å². The van der Waals surface area contributed by atoms with Gasteiger partial charge in [-0.3, -0.25) is 4.79 Å². The van der Waals surface area contributed by atoms with Gasteiger partial charge < -0.3 is 14.4 Å². The van der Waals surface area contributed by atoms with Crippen LogP contribution in [-0.2, 0) is 19.1 Å². The Morgan fingerprint density at radius 3 is 2.32 bits per heavy atom. The number of hydrogen-bond donors (Lipinski definition) is 0. The summed E-state index contributed by atoms with van der Waals surface area (Å²) in [6, 6.07) is 0. The van der Waals surface area contributed by atoms with Gasteiger partial charge in [-0.25, -0.2) is 4.79 Å². The van der Waals surface area contributed by atoms with E-state index in [0.29, 0.717) is 18.4 Å². The van der Waals surface area contributed by atoms with Crippen LogP contribution >= 0.6 is 15.9 Å². The van der Waals surface area contributed by atoms with Crippen molar-refractivity contribution < 1.29 is 19.1 Å². The first-order valence-corrected chi connectivity index (χ1v) is 7.61. The summed E-state index contributed by atoms with van der Waals surface area (Å²) in [5.41, 5.74) is -0.480. The van der Waals surface area contributed by atoms with Crippen molar-refractivity contribution in [1.82, 2.24) is 4.90 Å². The Balaban J connectivity index is 2.23. The number of ether oxygens (including phenoxy) is 2. The fourth-order valence-corrected chi connectivity index (χ4v) is 2.27. The monoisotopic (exact) mass is 335 g/mol. The largest absolute Gasteiger partial charge is 0.458 e. The standard InChI is InChI=1S/C13H22BrNO4/c1-13(2,3)19-12(17)9-18-10-4-6-15(7-5-10)11(16)8-14/h10H,4-9H2,1-3H3. The molecule has 6 heteroatoms. The van der Waals surface area contributed by atoms with Crippen LogP contribution in [0.2, 0.25) is 0 Å². The number of likely N-dealkylation sites (tertiary alicyclic amines) is 1. The number of halogens is 1. The Morgan fingerprint density at radius 1 is 1.26 bits per heavy atom. The maximum atomic E-state index is 11.5. The van der Waals surface area contributed by atoms with Crippen molar-refractivity contribution in [1.29, 1.82) is 0 Å². The van der Waals surface area contributed by atoms with Crippen molar-refractivity contribution >= 4 is 27.8 Å². The van der Waals surface area contributed by atoms with Crippen LogP contribution in [0.3, 0.4) is 0 Å². The summed E-state index contributed by atoms with van der Waals surface area (Å²) in [6.07, 6.45) is 1.56. The number of nitrogens with zero attached hydrogens (tertiary/aromatic N) is 1. The lowest BCUT2D eigenvalue weighted by Gasteiger charge is -2.31. The topological polar surface area (TPSA) is 55.8 Å².